The molecule has 5 nitrogen and oxygen atoms in total. The number of oxazole rings is 1. The normalized spacial score (nSPS) is 20.5. The number of likely N-dealkylation sites (tertiary alicyclic amines) is 1. The van der Waals surface area contributed by atoms with Crippen molar-refractivity contribution in [2.75, 3.05) is 13.1 Å². The van der Waals surface area contributed by atoms with Gasteiger partial charge in [-0.1, -0.05) is 12.1 Å². The Balaban J connectivity index is 1.67. The Hall–Kier alpha value is -2.14. The summed E-state index contributed by atoms with van der Waals surface area (Å²) in [5.41, 5.74) is 1.49. The van der Waals surface area contributed by atoms with E-state index in [0.29, 0.717) is 24.6 Å². The van der Waals surface area contributed by atoms with Gasteiger partial charge in [-0.05, 0) is 25.5 Å². The maximum absolute atomic E-state index is 12.1. The molecule has 1 saturated heterocycles. The summed E-state index contributed by atoms with van der Waals surface area (Å²) in [7, 11) is 0. The average molecular weight is 286 g/mol. The first-order valence-electron chi connectivity index (χ1n) is 7.14. The molecule has 1 amide bonds. The fourth-order valence-corrected chi connectivity index (χ4v) is 2.59. The van der Waals surface area contributed by atoms with E-state index in [1.165, 1.54) is 6.08 Å². The summed E-state index contributed by atoms with van der Waals surface area (Å²) < 4.78 is 5.53. The monoisotopic (exact) mass is 286 g/mol. The van der Waals surface area contributed by atoms with Gasteiger partial charge < -0.3 is 14.4 Å². The zero-order valence-electron chi connectivity index (χ0n) is 11.9. The van der Waals surface area contributed by atoms with Gasteiger partial charge in [0.15, 0.2) is 5.58 Å². The molecule has 1 aromatic heterocycles. The molecule has 0 aliphatic carbocycles. The SMILES string of the molecule is CC(O)C1CCN(C(=O)/C=C/c2nc3ccccc3o2)C1. The number of fused-ring (bicyclic) bond motifs is 1. The number of benzene rings is 1. The molecule has 21 heavy (non-hydrogen) atoms. The number of carbonyl (C=O) groups is 1. The minimum absolute atomic E-state index is 0.0691. The summed E-state index contributed by atoms with van der Waals surface area (Å²) in [5, 5.41) is 9.56. The van der Waals surface area contributed by atoms with Crippen LogP contribution >= 0.6 is 0 Å². The summed E-state index contributed by atoms with van der Waals surface area (Å²) in [4.78, 5) is 18.1. The number of aliphatic hydroxyl groups excluding tert-OH is 1. The third kappa shape index (κ3) is 2.97. The lowest BCUT2D eigenvalue weighted by atomic mass is 10.0. The van der Waals surface area contributed by atoms with Crippen molar-refractivity contribution in [2.45, 2.75) is 19.4 Å². The van der Waals surface area contributed by atoms with Crippen LogP contribution < -0.4 is 0 Å². The standard InChI is InChI=1S/C16H18N2O3/c1-11(19)12-8-9-18(10-12)16(20)7-6-15-17-13-4-2-3-5-14(13)21-15/h2-7,11-12,19H,8-10H2,1H3/b7-6+. The molecule has 2 unspecified atom stereocenters. The molecule has 5 heteroatoms. The number of carbonyl (C=O) groups excluding carboxylic acids is 1. The molecule has 1 N–H and O–H groups in total. The molecular weight excluding hydrogens is 268 g/mol. The Kier molecular flexibility index (Phi) is 3.75. The molecule has 2 aromatic rings. The molecular formula is C16H18N2O3. The van der Waals surface area contributed by atoms with Gasteiger partial charge >= 0.3 is 0 Å². The maximum atomic E-state index is 12.1. The third-order valence-electron chi connectivity index (χ3n) is 3.90. The van der Waals surface area contributed by atoms with Crippen LogP contribution in [0.5, 0.6) is 0 Å². The van der Waals surface area contributed by atoms with E-state index in [-0.39, 0.29) is 17.9 Å². The van der Waals surface area contributed by atoms with Crippen LogP contribution in [0.15, 0.2) is 34.8 Å². The highest BCUT2D eigenvalue weighted by Gasteiger charge is 2.27. The number of nitrogens with zero attached hydrogens (tertiary/aromatic N) is 2. The van der Waals surface area contributed by atoms with Crippen LogP contribution in [0.25, 0.3) is 17.2 Å². The largest absolute Gasteiger partial charge is 0.437 e. The lowest BCUT2D eigenvalue weighted by Gasteiger charge is -2.15. The fourth-order valence-electron chi connectivity index (χ4n) is 2.59. The molecule has 2 atom stereocenters. The van der Waals surface area contributed by atoms with Crippen LogP contribution in [-0.2, 0) is 4.79 Å². The molecule has 0 saturated carbocycles. The molecule has 110 valence electrons. The zero-order valence-corrected chi connectivity index (χ0v) is 11.9. The number of hydrogen-bond donors (Lipinski definition) is 1. The number of aromatic nitrogens is 1. The summed E-state index contributed by atoms with van der Waals surface area (Å²) in [6, 6.07) is 7.48. The average Bonchev–Trinajstić information content (AvgIpc) is 3.11. The van der Waals surface area contributed by atoms with Gasteiger partial charge in [0, 0.05) is 31.2 Å². The maximum Gasteiger partial charge on any atom is 0.246 e. The number of para-hydroxylation sites is 2. The minimum Gasteiger partial charge on any atom is -0.437 e. The smallest absolute Gasteiger partial charge is 0.246 e. The van der Waals surface area contributed by atoms with Crippen molar-refractivity contribution >= 4 is 23.1 Å². The highest BCUT2D eigenvalue weighted by Crippen LogP contribution is 2.20. The summed E-state index contributed by atoms with van der Waals surface area (Å²) in [5.74, 6) is 0.530. The molecule has 0 spiro atoms. The second-order valence-electron chi connectivity index (χ2n) is 5.43. The third-order valence-corrected chi connectivity index (χ3v) is 3.90. The van der Waals surface area contributed by atoms with Crippen molar-refractivity contribution in [1.82, 2.24) is 9.88 Å². The van der Waals surface area contributed by atoms with Crippen molar-refractivity contribution in [1.29, 1.82) is 0 Å². The Labute approximate surface area is 122 Å². The van der Waals surface area contributed by atoms with Crippen LogP contribution in [0.4, 0.5) is 0 Å². The first-order valence-corrected chi connectivity index (χ1v) is 7.14. The van der Waals surface area contributed by atoms with Crippen LogP contribution in [0.3, 0.4) is 0 Å². The lowest BCUT2D eigenvalue weighted by molar-refractivity contribution is -0.125. The van der Waals surface area contributed by atoms with Gasteiger partial charge in [-0.2, -0.15) is 0 Å². The first kappa shape index (κ1) is 13.8. The van der Waals surface area contributed by atoms with Gasteiger partial charge in [-0.15, -0.1) is 0 Å². The zero-order chi connectivity index (χ0) is 14.8. The highest BCUT2D eigenvalue weighted by atomic mass is 16.3. The molecule has 0 radical (unpaired) electrons. The topological polar surface area (TPSA) is 66.6 Å². The second kappa shape index (κ2) is 5.69. The van der Waals surface area contributed by atoms with Crippen molar-refractivity contribution in [3.63, 3.8) is 0 Å². The van der Waals surface area contributed by atoms with E-state index >= 15 is 0 Å². The Morgan fingerprint density at radius 3 is 3.05 bits per heavy atom. The second-order valence-corrected chi connectivity index (χ2v) is 5.43. The lowest BCUT2D eigenvalue weighted by Crippen LogP contribution is -2.28. The van der Waals surface area contributed by atoms with Gasteiger partial charge in [0.05, 0.1) is 6.10 Å². The van der Waals surface area contributed by atoms with Gasteiger partial charge in [-0.25, -0.2) is 4.98 Å². The number of aliphatic hydroxyl groups is 1. The number of rotatable bonds is 3. The molecule has 1 fully saturated rings. The van der Waals surface area contributed by atoms with E-state index < -0.39 is 0 Å². The van der Waals surface area contributed by atoms with Crippen molar-refractivity contribution in [3.8, 4) is 0 Å². The number of amides is 1. The van der Waals surface area contributed by atoms with Crippen molar-refractivity contribution in [3.05, 3.63) is 36.2 Å². The van der Waals surface area contributed by atoms with Crippen LogP contribution in [0.2, 0.25) is 0 Å². The van der Waals surface area contributed by atoms with E-state index in [1.807, 2.05) is 24.3 Å². The molecule has 2 heterocycles. The van der Waals surface area contributed by atoms with E-state index in [1.54, 1.807) is 17.9 Å². The molecule has 0 bridgehead atoms. The van der Waals surface area contributed by atoms with Gasteiger partial charge in [0.2, 0.25) is 11.8 Å². The summed E-state index contributed by atoms with van der Waals surface area (Å²) in [6.07, 6.45) is 3.55. The quantitative estimate of drug-likeness (QED) is 0.877. The predicted molar refractivity (Wildman–Crippen MR) is 79.4 cm³/mol. The van der Waals surface area contributed by atoms with E-state index in [2.05, 4.69) is 4.98 Å². The van der Waals surface area contributed by atoms with Crippen LogP contribution in [-0.4, -0.2) is 40.1 Å². The Morgan fingerprint density at radius 2 is 2.33 bits per heavy atom. The van der Waals surface area contributed by atoms with Crippen LogP contribution in [0.1, 0.15) is 19.2 Å². The minimum atomic E-state index is -0.371. The van der Waals surface area contributed by atoms with Crippen molar-refractivity contribution < 1.29 is 14.3 Å². The highest BCUT2D eigenvalue weighted by molar-refractivity contribution is 5.91. The molecule has 1 aliphatic rings. The Bertz CT molecular complexity index is 642. The predicted octanol–water partition coefficient (Wildman–Crippen LogP) is 2.07. The van der Waals surface area contributed by atoms with E-state index in [9.17, 15) is 9.90 Å². The van der Waals surface area contributed by atoms with E-state index in [0.717, 1.165) is 11.9 Å². The van der Waals surface area contributed by atoms with E-state index in [4.69, 9.17) is 4.42 Å². The summed E-state index contributed by atoms with van der Waals surface area (Å²) >= 11 is 0. The molecule has 1 aromatic carbocycles. The number of hydrogen-bond acceptors (Lipinski definition) is 4. The van der Waals surface area contributed by atoms with Gasteiger partial charge in [-0.3, -0.25) is 4.79 Å². The summed E-state index contributed by atoms with van der Waals surface area (Å²) in [6.45, 7) is 3.06. The van der Waals surface area contributed by atoms with Crippen molar-refractivity contribution in [2.24, 2.45) is 5.92 Å². The molecule has 1 aliphatic heterocycles. The van der Waals surface area contributed by atoms with Gasteiger partial charge in [0.1, 0.15) is 5.52 Å². The first-order chi connectivity index (χ1) is 10.1. The van der Waals surface area contributed by atoms with Gasteiger partial charge in [0.25, 0.3) is 0 Å². The van der Waals surface area contributed by atoms with Crippen LogP contribution in [0, 0.1) is 5.92 Å². The fraction of sp³-hybridized carbons (Fsp3) is 0.375. The molecule has 3 rings (SSSR count). The Morgan fingerprint density at radius 1 is 1.52 bits per heavy atom.